The number of rotatable bonds is 5. The van der Waals surface area contributed by atoms with Crippen LogP contribution in [0.5, 0.6) is 0 Å². The Morgan fingerprint density at radius 1 is 1.15 bits per heavy atom. The summed E-state index contributed by atoms with van der Waals surface area (Å²) in [7, 11) is 0. The number of hydrogen-bond acceptors (Lipinski definition) is 5. The van der Waals surface area contributed by atoms with Gasteiger partial charge in [-0.15, -0.1) is 0 Å². The van der Waals surface area contributed by atoms with Crippen molar-refractivity contribution in [3.8, 4) is 5.82 Å². The number of nitrogens with one attached hydrogen (secondary N) is 1. The molecule has 34 heavy (non-hydrogen) atoms. The molecule has 0 aromatic carbocycles. The maximum atomic E-state index is 12.8. The van der Waals surface area contributed by atoms with Crippen LogP contribution in [0.15, 0.2) is 55.1 Å². The van der Waals surface area contributed by atoms with E-state index >= 15 is 0 Å². The average molecular weight is 458 g/mol. The van der Waals surface area contributed by atoms with E-state index in [9.17, 15) is 4.79 Å². The summed E-state index contributed by atoms with van der Waals surface area (Å²) in [6, 6.07) is 8.34. The minimum absolute atomic E-state index is 0.161. The van der Waals surface area contributed by atoms with Crippen LogP contribution in [0.4, 0.5) is 5.69 Å². The van der Waals surface area contributed by atoms with Gasteiger partial charge >= 0.3 is 0 Å². The van der Waals surface area contributed by atoms with Crippen molar-refractivity contribution >= 4 is 17.2 Å². The first-order chi connectivity index (χ1) is 16.6. The van der Waals surface area contributed by atoms with Gasteiger partial charge in [0.1, 0.15) is 5.82 Å². The minimum Gasteiger partial charge on any atom is -0.379 e. The monoisotopic (exact) mass is 457 g/mol. The van der Waals surface area contributed by atoms with Gasteiger partial charge in [0.2, 0.25) is 0 Å². The summed E-state index contributed by atoms with van der Waals surface area (Å²) in [6.07, 6.45) is 12.8. The predicted molar refractivity (Wildman–Crippen MR) is 133 cm³/mol. The van der Waals surface area contributed by atoms with Crippen molar-refractivity contribution in [1.82, 2.24) is 19.4 Å². The summed E-state index contributed by atoms with van der Waals surface area (Å²) in [5, 5.41) is 2.98. The molecule has 4 heterocycles. The lowest BCUT2D eigenvalue weighted by Crippen LogP contribution is -2.43. The highest BCUT2D eigenvalue weighted by Crippen LogP contribution is 2.31. The highest BCUT2D eigenvalue weighted by atomic mass is 16.5. The summed E-state index contributed by atoms with van der Waals surface area (Å²) < 4.78 is 7.34. The molecule has 0 radical (unpaired) electrons. The Labute approximate surface area is 200 Å². The molecule has 3 aromatic heterocycles. The van der Waals surface area contributed by atoms with Gasteiger partial charge in [-0.2, -0.15) is 0 Å². The number of amides is 1. The van der Waals surface area contributed by atoms with Gasteiger partial charge in [-0.05, 0) is 74.1 Å². The Morgan fingerprint density at radius 2 is 2.00 bits per heavy atom. The molecule has 5 rings (SSSR count). The highest BCUT2D eigenvalue weighted by molar-refractivity contribution is 6.04. The number of nitrogens with zero attached hydrogens (tertiary/aromatic N) is 4. The van der Waals surface area contributed by atoms with Gasteiger partial charge in [-0.3, -0.25) is 14.7 Å². The third-order valence-corrected chi connectivity index (χ3v) is 6.71. The van der Waals surface area contributed by atoms with Crippen LogP contribution < -0.4 is 5.32 Å². The standard InChI is InChI=1S/C27H31N5O2/c1-19-7-9-28-25(15-19)32-10-8-22(18-32)27(33)30-23-16-20(2)26(29-17-23)21-3-5-24(6-4-21)31-11-13-34-14-12-31/h3,7-10,15-18,24H,4-6,11-14H2,1-2H3,(H,30,33). The van der Waals surface area contributed by atoms with E-state index in [4.69, 9.17) is 9.72 Å². The molecule has 1 unspecified atom stereocenters. The third-order valence-electron chi connectivity index (χ3n) is 6.71. The number of carbonyl (C=O) groups excluding carboxylic acids is 1. The van der Waals surface area contributed by atoms with E-state index in [2.05, 4.69) is 28.2 Å². The number of morpholine rings is 1. The molecule has 1 atom stereocenters. The van der Waals surface area contributed by atoms with E-state index in [0.717, 1.165) is 68.2 Å². The van der Waals surface area contributed by atoms with Crippen molar-refractivity contribution in [2.45, 2.75) is 39.2 Å². The number of carbonyl (C=O) groups is 1. The fourth-order valence-electron chi connectivity index (χ4n) is 4.83. The molecule has 0 bridgehead atoms. The van der Waals surface area contributed by atoms with Crippen LogP contribution >= 0.6 is 0 Å². The highest BCUT2D eigenvalue weighted by Gasteiger charge is 2.24. The molecule has 1 N–H and O–H groups in total. The Bertz CT molecular complexity index is 1210. The number of allylic oxidation sites excluding steroid dienone is 1. The van der Waals surface area contributed by atoms with Crippen LogP contribution in [0.25, 0.3) is 11.4 Å². The van der Waals surface area contributed by atoms with Gasteiger partial charge in [-0.25, -0.2) is 4.98 Å². The van der Waals surface area contributed by atoms with Crippen molar-refractivity contribution in [2.75, 3.05) is 31.6 Å². The van der Waals surface area contributed by atoms with Crippen LogP contribution in [-0.4, -0.2) is 57.7 Å². The lowest BCUT2D eigenvalue weighted by Gasteiger charge is -2.36. The number of ether oxygens (including phenoxy) is 1. The molecule has 7 heteroatoms. The largest absolute Gasteiger partial charge is 0.379 e. The average Bonchev–Trinajstić information content (AvgIpc) is 3.36. The normalized spacial score (nSPS) is 19.0. The number of aryl methyl sites for hydroxylation is 2. The van der Waals surface area contributed by atoms with Gasteiger partial charge in [0.25, 0.3) is 5.91 Å². The summed E-state index contributed by atoms with van der Waals surface area (Å²) in [5.41, 5.74) is 5.83. The number of aromatic nitrogens is 3. The number of pyridine rings is 2. The van der Waals surface area contributed by atoms with E-state index in [0.29, 0.717) is 17.3 Å². The van der Waals surface area contributed by atoms with E-state index in [1.165, 1.54) is 5.57 Å². The van der Waals surface area contributed by atoms with Crippen LogP contribution in [0.3, 0.4) is 0 Å². The summed E-state index contributed by atoms with van der Waals surface area (Å²) >= 11 is 0. The summed E-state index contributed by atoms with van der Waals surface area (Å²) in [4.78, 5) is 24.5. The van der Waals surface area contributed by atoms with E-state index in [1.807, 2.05) is 35.9 Å². The molecular formula is C27H31N5O2. The van der Waals surface area contributed by atoms with E-state index in [1.54, 1.807) is 24.7 Å². The minimum atomic E-state index is -0.161. The molecule has 1 saturated heterocycles. The molecule has 0 saturated carbocycles. The molecule has 1 aliphatic heterocycles. The smallest absolute Gasteiger partial charge is 0.257 e. The van der Waals surface area contributed by atoms with Gasteiger partial charge in [0.05, 0.1) is 36.4 Å². The van der Waals surface area contributed by atoms with E-state index in [-0.39, 0.29) is 5.91 Å². The molecule has 1 fully saturated rings. The van der Waals surface area contributed by atoms with E-state index < -0.39 is 0 Å². The lowest BCUT2D eigenvalue weighted by atomic mass is 9.90. The number of hydrogen-bond donors (Lipinski definition) is 1. The second-order valence-electron chi connectivity index (χ2n) is 9.15. The van der Waals surface area contributed by atoms with Crippen molar-refractivity contribution < 1.29 is 9.53 Å². The Balaban J connectivity index is 1.24. The zero-order chi connectivity index (χ0) is 23.5. The fourth-order valence-corrected chi connectivity index (χ4v) is 4.83. The molecular weight excluding hydrogens is 426 g/mol. The molecule has 3 aromatic rings. The van der Waals surface area contributed by atoms with Crippen molar-refractivity contribution in [3.63, 3.8) is 0 Å². The van der Waals surface area contributed by atoms with Crippen molar-refractivity contribution in [2.24, 2.45) is 0 Å². The molecule has 0 spiro atoms. The van der Waals surface area contributed by atoms with Crippen molar-refractivity contribution in [1.29, 1.82) is 0 Å². The number of anilines is 1. The summed E-state index contributed by atoms with van der Waals surface area (Å²) in [5.74, 6) is 0.628. The SMILES string of the molecule is Cc1ccnc(-n2ccc(C(=O)Nc3cnc(C4=CCC(N5CCOCC5)CC4)c(C)c3)c2)c1. The van der Waals surface area contributed by atoms with Gasteiger partial charge < -0.3 is 14.6 Å². The quantitative estimate of drug-likeness (QED) is 0.615. The third kappa shape index (κ3) is 4.95. The maximum absolute atomic E-state index is 12.8. The zero-order valence-corrected chi connectivity index (χ0v) is 19.8. The first kappa shape index (κ1) is 22.5. The second kappa shape index (κ2) is 9.91. The first-order valence-electron chi connectivity index (χ1n) is 12.0. The topological polar surface area (TPSA) is 72.3 Å². The molecule has 1 aliphatic carbocycles. The Kier molecular flexibility index (Phi) is 6.56. The molecule has 7 nitrogen and oxygen atoms in total. The Morgan fingerprint density at radius 3 is 2.74 bits per heavy atom. The second-order valence-corrected chi connectivity index (χ2v) is 9.15. The van der Waals surface area contributed by atoms with Crippen LogP contribution in [0, 0.1) is 13.8 Å². The molecule has 2 aliphatic rings. The maximum Gasteiger partial charge on any atom is 0.257 e. The first-order valence-corrected chi connectivity index (χ1v) is 12.0. The fraction of sp³-hybridized carbons (Fsp3) is 0.370. The van der Waals surface area contributed by atoms with Crippen LogP contribution in [0.2, 0.25) is 0 Å². The van der Waals surface area contributed by atoms with Gasteiger partial charge in [-0.1, -0.05) is 6.08 Å². The van der Waals surface area contributed by atoms with Crippen molar-refractivity contribution in [3.05, 3.63) is 77.5 Å². The lowest BCUT2D eigenvalue weighted by molar-refractivity contribution is 0.0150. The molecule has 176 valence electrons. The van der Waals surface area contributed by atoms with Gasteiger partial charge in [0, 0.05) is 37.7 Å². The van der Waals surface area contributed by atoms with Gasteiger partial charge in [0.15, 0.2) is 0 Å². The zero-order valence-electron chi connectivity index (χ0n) is 19.8. The van der Waals surface area contributed by atoms with Crippen LogP contribution in [-0.2, 0) is 4.74 Å². The predicted octanol–water partition coefficient (Wildman–Crippen LogP) is 4.40. The van der Waals surface area contributed by atoms with Crippen LogP contribution in [0.1, 0.15) is 46.4 Å². The Hall–Kier alpha value is -3.29. The molecule has 1 amide bonds. The summed E-state index contributed by atoms with van der Waals surface area (Å²) in [6.45, 7) is 7.83.